The van der Waals surface area contributed by atoms with Crippen LogP contribution in [0.2, 0.25) is 5.02 Å². The summed E-state index contributed by atoms with van der Waals surface area (Å²) in [5.41, 5.74) is 2.09. The first-order valence-corrected chi connectivity index (χ1v) is 9.38. The van der Waals surface area contributed by atoms with E-state index in [1.54, 1.807) is 11.8 Å². The van der Waals surface area contributed by atoms with E-state index in [-0.39, 0.29) is 0 Å². The van der Waals surface area contributed by atoms with Gasteiger partial charge >= 0.3 is 0 Å². The molecule has 0 aromatic heterocycles. The number of nitrogens with zero attached hydrogens (tertiary/aromatic N) is 2. The number of hydrogen-bond acceptors (Lipinski definition) is 3. The maximum absolute atomic E-state index is 5.94. The molecule has 1 aliphatic rings. The largest absolute Gasteiger partial charge is 0.358 e. The second-order valence-electron chi connectivity index (χ2n) is 5.55. The minimum Gasteiger partial charge on any atom is -0.358 e. The van der Waals surface area contributed by atoms with E-state index in [2.05, 4.69) is 29.3 Å². The summed E-state index contributed by atoms with van der Waals surface area (Å²) in [6, 6.07) is 17.8. The van der Waals surface area contributed by atoms with E-state index in [1.165, 1.54) is 5.56 Å². The van der Waals surface area contributed by atoms with Gasteiger partial charge in [-0.1, -0.05) is 60.6 Å². The van der Waals surface area contributed by atoms with Crippen LogP contribution in [0.5, 0.6) is 0 Å². The monoisotopic (exact) mass is 375 g/mol. The second-order valence-corrected chi connectivity index (χ2v) is 7.78. The molecule has 1 saturated heterocycles. The molecule has 0 unspecified atom stereocenters. The minimum atomic E-state index is 0.451. The van der Waals surface area contributed by atoms with Gasteiger partial charge in [-0.15, -0.1) is 0 Å². The number of nitrogens with one attached hydrogen (secondary N) is 1. The molecule has 0 aliphatic carbocycles. The lowest BCUT2D eigenvalue weighted by molar-refractivity contribution is 0.613. The molecule has 0 spiro atoms. The zero-order chi connectivity index (χ0) is 16.9. The average Bonchev–Trinajstić information content (AvgIpc) is 2.96. The van der Waals surface area contributed by atoms with Crippen molar-refractivity contribution in [3.05, 3.63) is 65.2 Å². The van der Waals surface area contributed by atoms with Crippen molar-refractivity contribution >= 4 is 51.5 Å². The normalized spacial score (nSPS) is 18.8. The molecule has 1 fully saturated rings. The van der Waals surface area contributed by atoms with E-state index in [4.69, 9.17) is 28.8 Å². The Morgan fingerprint density at radius 2 is 1.96 bits per heavy atom. The van der Waals surface area contributed by atoms with E-state index in [0.29, 0.717) is 21.9 Å². The number of benzene rings is 2. The number of halogens is 1. The van der Waals surface area contributed by atoms with E-state index in [0.717, 1.165) is 17.4 Å². The highest BCUT2D eigenvalue weighted by molar-refractivity contribution is 8.14. The first-order chi connectivity index (χ1) is 11.6. The van der Waals surface area contributed by atoms with Crippen LogP contribution in [-0.4, -0.2) is 27.0 Å². The molecule has 0 amide bonds. The van der Waals surface area contributed by atoms with Gasteiger partial charge in [0.05, 0.1) is 5.69 Å². The van der Waals surface area contributed by atoms with Crippen LogP contribution in [0.3, 0.4) is 0 Å². The number of thioether (sulfide) groups is 1. The minimum absolute atomic E-state index is 0.451. The maximum Gasteiger partial charge on any atom is 0.175 e. The van der Waals surface area contributed by atoms with Gasteiger partial charge in [-0.25, -0.2) is 4.99 Å². The molecule has 1 N–H and O–H groups in total. The van der Waals surface area contributed by atoms with Crippen LogP contribution in [0, 0.1) is 0 Å². The Bertz CT molecular complexity index is 732. The standard InChI is InChI=1S/C18H18ClN3S2/c1-13-12-22(17(23)20-11-14-5-3-2-4-6-14)18(24-13)21-16-9-7-15(19)8-10-16/h2-10,13H,11-12H2,1H3,(H,20,23)/t13-/m1/s1. The molecule has 2 aromatic rings. The highest BCUT2D eigenvalue weighted by Gasteiger charge is 2.28. The van der Waals surface area contributed by atoms with Gasteiger partial charge in [0, 0.05) is 23.4 Å². The van der Waals surface area contributed by atoms with Gasteiger partial charge in [-0.05, 0) is 42.0 Å². The van der Waals surface area contributed by atoms with Crippen molar-refractivity contribution in [1.29, 1.82) is 0 Å². The Hall–Kier alpha value is -1.56. The van der Waals surface area contributed by atoms with Gasteiger partial charge in [0.1, 0.15) is 0 Å². The van der Waals surface area contributed by atoms with Crippen molar-refractivity contribution in [1.82, 2.24) is 10.2 Å². The Morgan fingerprint density at radius 1 is 1.25 bits per heavy atom. The van der Waals surface area contributed by atoms with Gasteiger partial charge in [0.25, 0.3) is 0 Å². The van der Waals surface area contributed by atoms with Crippen LogP contribution < -0.4 is 5.32 Å². The molecule has 24 heavy (non-hydrogen) atoms. The number of aliphatic imine (C=N–C) groups is 1. The summed E-state index contributed by atoms with van der Waals surface area (Å²) in [5, 5.41) is 6.13. The fraction of sp³-hybridized carbons (Fsp3) is 0.222. The number of rotatable bonds is 3. The number of thiocarbonyl (C=S) groups is 1. The highest BCUT2D eigenvalue weighted by Crippen LogP contribution is 2.28. The third-order valence-corrected chi connectivity index (χ3v) is 5.25. The number of amidine groups is 1. The quantitative estimate of drug-likeness (QED) is 0.777. The molecule has 6 heteroatoms. The Kier molecular flexibility index (Phi) is 5.76. The SMILES string of the molecule is C[C@@H]1CN(C(=S)NCc2ccccc2)C(=Nc2ccc(Cl)cc2)S1. The summed E-state index contributed by atoms with van der Waals surface area (Å²) < 4.78 is 0. The van der Waals surface area contributed by atoms with E-state index < -0.39 is 0 Å². The third kappa shape index (κ3) is 4.50. The van der Waals surface area contributed by atoms with Gasteiger partial charge < -0.3 is 5.32 Å². The summed E-state index contributed by atoms with van der Waals surface area (Å²) >= 11 is 13.3. The summed E-state index contributed by atoms with van der Waals surface area (Å²) in [4.78, 5) is 6.80. The van der Waals surface area contributed by atoms with Crippen LogP contribution in [0.15, 0.2) is 59.6 Å². The van der Waals surface area contributed by atoms with Gasteiger partial charge in [-0.3, -0.25) is 4.90 Å². The van der Waals surface area contributed by atoms with E-state index >= 15 is 0 Å². The molecule has 0 saturated carbocycles. The molecule has 124 valence electrons. The Morgan fingerprint density at radius 3 is 2.67 bits per heavy atom. The molecule has 3 rings (SSSR count). The lowest BCUT2D eigenvalue weighted by Crippen LogP contribution is -2.40. The summed E-state index contributed by atoms with van der Waals surface area (Å²) in [5.74, 6) is 0. The second kappa shape index (κ2) is 8.01. The van der Waals surface area contributed by atoms with Crippen molar-refractivity contribution in [2.24, 2.45) is 4.99 Å². The zero-order valence-corrected chi connectivity index (χ0v) is 15.7. The fourth-order valence-electron chi connectivity index (χ4n) is 2.37. The molecular weight excluding hydrogens is 358 g/mol. The summed E-state index contributed by atoms with van der Waals surface area (Å²) in [6.45, 7) is 3.75. The molecular formula is C18H18ClN3S2. The van der Waals surface area contributed by atoms with Crippen LogP contribution in [0.4, 0.5) is 5.69 Å². The molecule has 1 heterocycles. The van der Waals surface area contributed by atoms with Gasteiger partial charge in [0.2, 0.25) is 0 Å². The van der Waals surface area contributed by atoms with Crippen molar-refractivity contribution in [2.75, 3.05) is 6.54 Å². The van der Waals surface area contributed by atoms with E-state index in [1.807, 2.05) is 42.5 Å². The Balaban J connectivity index is 1.70. The first kappa shape index (κ1) is 17.3. The molecule has 2 aromatic carbocycles. The highest BCUT2D eigenvalue weighted by atomic mass is 35.5. The number of hydrogen-bond donors (Lipinski definition) is 1. The van der Waals surface area contributed by atoms with Crippen LogP contribution in [0.1, 0.15) is 12.5 Å². The maximum atomic E-state index is 5.94. The predicted octanol–water partition coefficient (Wildman–Crippen LogP) is 4.84. The van der Waals surface area contributed by atoms with Crippen LogP contribution in [0.25, 0.3) is 0 Å². The van der Waals surface area contributed by atoms with E-state index in [9.17, 15) is 0 Å². The topological polar surface area (TPSA) is 27.6 Å². The third-order valence-electron chi connectivity index (χ3n) is 3.56. The van der Waals surface area contributed by atoms with Crippen LogP contribution in [-0.2, 0) is 6.54 Å². The molecule has 1 aliphatic heterocycles. The first-order valence-electron chi connectivity index (χ1n) is 7.72. The molecule has 0 bridgehead atoms. The molecule has 3 nitrogen and oxygen atoms in total. The van der Waals surface area contributed by atoms with Crippen molar-refractivity contribution in [3.63, 3.8) is 0 Å². The Labute approximate surface area is 157 Å². The van der Waals surface area contributed by atoms with Crippen molar-refractivity contribution in [2.45, 2.75) is 18.7 Å². The predicted molar refractivity (Wildman–Crippen MR) is 108 cm³/mol. The summed E-state index contributed by atoms with van der Waals surface area (Å²) in [6.07, 6.45) is 0. The van der Waals surface area contributed by atoms with Crippen molar-refractivity contribution < 1.29 is 0 Å². The van der Waals surface area contributed by atoms with Crippen molar-refractivity contribution in [3.8, 4) is 0 Å². The molecule has 0 radical (unpaired) electrons. The summed E-state index contributed by atoms with van der Waals surface area (Å²) in [7, 11) is 0. The lowest BCUT2D eigenvalue weighted by atomic mass is 10.2. The fourth-order valence-corrected chi connectivity index (χ4v) is 3.82. The molecule has 1 atom stereocenters. The lowest BCUT2D eigenvalue weighted by Gasteiger charge is -2.20. The smallest absolute Gasteiger partial charge is 0.175 e. The van der Waals surface area contributed by atoms with Gasteiger partial charge in [0.15, 0.2) is 10.3 Å². The zero-order valence-electron chi connectivity index (χ0n) is 13.3. The van der Waals surface area contributed by atoms with Gasteiger partial charge in [-0.2, -0.15) is 0 Å². The average molecular weight is 376 g/mol. The van der Waals surface area contributed by atoms with Crippen LogP contribution >= 0.6 is 35.6 Å².